The monoisotopic (exact) mass is 482 g/mol. The van der Waals surface area contributed by atoms with E-state index in [0.717, 1.165) is 11.8 Å². The lowest BCUT2D eigenvalue weighted by Crippen LogP contribution is -2.40. The smallest absolute Gasteiger partial charge is 0.239 e. The van der Waals surface area contributed by atoms with Gasteiger partial charge in [0.25, 0.3) is 0 Å². The molecule has 178 valence electrons. The second-order valence-corrected chi connectivity index (χ2v) is 8.45. The molecule has 10 nitrogen and oxygen atoms in total. The molecule has 0 aliphatic heterocycles. The van der Waals surface area contributed by atoms with Crippen LogP contribution in [0.4, 0.5) is 5.82 Å². The number of aliphatic hydroxyl groups excluding tert-OH is 2. The molecule has 34 heavy (non-hydrogen) atoms. The number of likely N-dealkylation sites (N-methyl/N-ethyl adjacent to an activating group) is 1. The standard InChI is InChI=1S/C23H26N6O4S/c1-3-16-17(9-24)22(29(2)12-19(32)27-11-15(31)13-30)28-23(18(16)10-25)34-20(21(26)33)14-7-5-4-6-8-14/h4-8,15,20,30-31H,3,11-13H2,1-2H3,(H2,26,33)(H,27,32). The highest BCUT2D eigenvalue weighted by molar-refractivity contribution is 8.00. The quantitative estimate of drug-likeness (QED) is 0.334. The van der Waals surface area contributed by atoms with Gasteiger partial charge >= 0.3 is 0 Å². The number of aromatic nitrogens is 1. The zero-order chi connectivity index (χ0) is 25.3. The molecule has 0 spiro atoms. The normalized spacial score (nSPS) is 12.2. The van der Waals surface area contributed by atoms with Crippen molar-refractivity contribution in [3.8, 4) is 12.1 Å². The van der Waals surface area contributed by atoms with Gasteiger partial charge in [-0.15, -0.1) is 0 Å². The Morgan fingerprint density at radius 1 is 1.24 bits per heavy atom. The van der Waals surface area contributed by atoms with E-state index in [4.69, 9.17) is 10.8 Å². The topological polar surface area (TPSA) is 176 Å². The number of carbonyl (C=O) groups excluding carboxylic acids is 2. The Morgan fingerprint density at radius 3 is 2.41 bits per heavy atom. The highest BCUT2D eigenvalue weighted by Gasteiger charge is 2.27. The Balaban J connectivity index is 2.49. The predicted octanol–water partition coefficient (Wildman–Crippen LogP) is 0.612. The number of nitriles is 2. The van der Waals surface area contributed by atoms with Crippen molar-refractivity contribution in [1.82, 2.24) is 10.3 Å². The van der Waals surface area contributed by atoms with E-state index < -0.39 is 29.8 Å². The highest BCUT2D eigenvalue weighted by atomic mass is 32.2. The number of hydrogen-bond donors (Lipinski definition) is 4. The summed E-state index contributed by atoms with van der Waals surface area (Å²) in [6.07, 6.45) is -0.736. The molecule has 0 saturated carbocycles. The van der Waals surface area contributed by atoms with Crippen LogP contribution in [0.1, 0.15) is 34.4 Å². The van der Waals surface area contributed by atoms with Crippen LogP contribution >= 0.6 is 11.8 Å². The number of hydrogen-bond acceptors (Lipinski definition) is 9. The van der Waals surface area contributed by atoms with Crippen LogP contribution in [0.15, 0.2) is 35.4 Å². The molecule has 11 heteroatoms. The number of primary amides is 1. The fourth-order valence-electron chi connectivity index (χ4n) is 3.22. The summed E-state index contributed by atoms with van der Waals surface area (Å²) in [5, 5.41) is 39.9. The summed E-state index contributed by atoms with van der Waals surface area (Å²) in [6.45, 7) is 0.973. The number of thioether (sulfide) groups is 1. The summed E-state index contributed by atoms with van der Waals surface area (Å²) >= 11 is 1.01. The van der Waals surface area contributed by atoms with Gasteiger partial charge in [0.15, 0.2) is 0 Å². The molecule has 0 aliphatic carbocycles. The zero-order valence-corrected chi connectivity index (χ0v) is 19.7. The number of nitrogens with one attached hydrogen (secondary N) is 1. The second kappa shape index (κ2) is 12.6. The molecule has 0 bridgehead atoms. The van der Waals surface area contributed by atoms with E-state index in [1.54, 1.807) is 44.3 Å². The zero-order valence-electron chi connectivity index (χ0n) is 18.9. The molecule has 0 fully saturated rings. The first-order valence-electron chi connectivity index (χ1n) is 10.4. The molecule has 5 N–H and O–H groups in total. The van der Waals surface area contributed by atoms with Crippen LogP contribution in [0.25, 0.3) is 0 Å². The molecular formula is C23H26N6O4S. The Hall–Kier alpha value is -3.64. The van der Waals surface area contributed by atoms with Crippen molar-refractivity contribution in [2.75, 3.05) is 31.6 Å². The van der Waals surface area contributed by atoms with Gasteiger partial charge < -0.3 is 26.2 Å². The Morgan fingerprint density at radius 2 is 1.88 bits per heavy atom. The van der Waals surface area contributed by atoms with Crippen LogP contribution in [0.3, 0.4) is 0 Å². The third-order valence-electron chi connectivity index (χ3n) is 4.90. The van der Waals surface area contributed by atoms with Crippen LogP contribution in [0.2, 0.25) is 0 Å². The molecule has 2 unspecified atom stereocenters. The van der Waals surface area contributed by atoms with Gasteiger partial charge in [0, 0.05) is 13.6 Å². The molecule has 2 atom stereocenters. The molecule has 0 radical (unpaired) electrons. The molecule has 0 saturated heterocycles. The van der Waals surface area contributed by atoms with Crippen LogP contribution in [-0.4, -0.2) is 59.9 Å². The Bertz CT molecular complexity index is 1110. The number of carbonyl (C=O) groups is 2. The summed E-state index contributed by atoms with van der Waals surface area (Å²) in [6, 6.07) is 13.0. The average Bonchev–Trinajstić information content (AvgIpc) is 2.84. The molecule has 2 amide bonds. The van der Waals surface area contributed by atoms with Crippen molar-refractivity contribution in [2.45, 2.75) is 29.7 Å². The van der Waals surface area contributed by atoms with E-state index in [1.807, 2.05) is 0 Å². The third-order valence-corrected chi connectivity index (χ3v) is 6.16. The highest BCUT2D eigenvalue weighted by Crippen LogP contribution is 2.39. The lowest BCUT2D eigenvalue weighted by atomic mass is 10.0. The van der Waals surface area contributed by atoms with Crippen molar-refractivity contribution in [2.24, 2.45) is 5.73 Å². The summed E-state index contributed by atoms with van der Waals surface area (Å²) in [7, 11) is 1.56. The van der Waals surface area contributed by atoms with Crippen molar-refractivity contribution in [3.63, 3.8) is 0 Å². The number of nitrogens with two attached hydrogens (primary N) is 1. The average molecular weight is 483 g/mol. The maximum absolute atomic E-state index is 12.3. The number of anilines is 1. The van der Waals surface area contributed by atoms with Crippen molar-refractivity contribution >= 4 is 29.4 Å². The van der Waals surface area contributed by atoms with Gasteiger partial charge in [0.1, 0.15) is 28.2 Å². The first-order valence-corrected chi connectivity index (χ1v) is 11.3. The van der Waals surface area contributed by atoms with Crippen LogP contribution in [0, 0.1) is 22.7 Å². The van der Waals surface area contributed by atoms with Gasteiger partial charge in [-0.2, -0.15) is 10.5 Å². The summed E-state index contributed by atoms with van der Waals surface area (Å²) in [5.74, 6) is -0.896. The Kier molecular flexibility index (Phi) is 9.83. The fourth-order valence-corrected chi connectivity index (χ4v) is 4.28. The van der Waals surface area contributed by atoms with Gasteiger partial charge in [-0.05, 0) is 17.5 Å². The van der Waals surface area contributed by atoms with E-state index >= 15 is 0 Å². The largest absolute Gasteiger partial charge is 0.394 e. The number of nitrogens with zero attached hydrogens (tertiary/aromatic N) is 4. The summed E-state index contributed by atoms with van der Waals surface area (Å²) < 4.78 is 0. The number of rotatable bonds is 11. The van der Waals surface area contributed by atoms with Gasteiger partial charge in [-0.25, -0.2) is 4.98 Å². The number of benzene rings is 1. The van der Waals surface area contributed by atoms with Crippen LogP contribution in [0.5, 0.6) is 0 Å². The lowest BCUT2D eigenvalue weighted by Gasteiger charge is -2.23. The molecule has 1 aromatic carbocycles. The van der Waals surface area contributed by atoms with Gasteiger partial charge in [-0.3, -0.25) is 9.59 Å². The van der Waals surface area contributed by atoms with Crippen LogP contribution in [-0.2, 0) is 16.0 Å². The molecule has 0 aliphatic rings. The molecule has 2 rings (SSSR count). The first-order chi connectivity index (χ1) is 16.3. The minimum absolute atomic E-state index is 0.131. The van der Waals surface area contributed by atoms with E-state index in [-0.39, 0.29) is 35.1 Å². The van der Waals surface area contributed by atoms with E-state index in [1.165, 1.54) is 4.90 Å². The summed E-state index contributed by atoms with van der Waals surface area (Å²) in [5.41, 5.74) is 7.08. The number of pyridine rings is 1. The number of aliphatic hydroxyl groups is 2. The molecule has 1 heterocycles. The molecular weight excluding hydrogens is 456 g/mol. The van der Waals surface area contributed by atoms with Gasteiger partial charge in [0.05, 0.1) is 30.4 Å². The number of amides is 2. The Labute approximate surface area is 202 Å². The minimum atomic E-state index is -1.09. The fraction of sp³-hybridized carbons (Fsp3) is 0.348. The minimum Gasteiger partial charge on any atom is -0.394 e. The van der Waals surface area contributed by atoms with Crippen molar-refractivity contribution < 1.29 is 19.8 Å². The first kappa shape index (κ1) is 26.6. The maximum Gasteiger partial charge on any atom is 0.239 e. The molecule has 2 aromatic rings. The second-order valence-electron chi connectivity index (χ2n) is 7.35. The van der Waals surface area contributed by atoms with Gasteiger partial charge in [0.2, 0.25) is 11.8 Å². The summed E-state index contributed by atoms with van der Waals surface area (Å²) in [4.78, 5) is 30.5. The van der Waals surface area contributed by atoms with Crippen molar-refractivity contribution in [1.29, 1.82) is 10.5 Å². The lowest BCUT2D eigenvalue weighted by molar-refractivity contribution is -0.120. The van der Waals surface area contributed by atoms with E-state index in [0.29, 0.717) is 17.5 Å². The maximum atomic E-state index is 12.3. The van der Waals surface area contributed by atoms with E-state index in [9.17, 15) is 25.2 Å². The van der Waals surface area contributed by atoms with Crippen molar-refractivity contribution in [3.05, 3.63) is 52.6 Å². The van der Waals surface area contributed by atoms with Gasteiger partial charge in [-0.1, -0.05) is 49.0 Å². The SMILES string of the molecule is CCc1c(C#N)c(SC(C(N)=O)c2ccccc2)nc(N(C)CC(=O)NCC(O)CO)c1C#N. The third kappa shape index (κ3) is 6.45. The molecule has 1 aromatic heterocycles. The van der Waals surface area contributed by atoms with E-state index in [2.05, 4.69) is 22.4 Å². The van der Waals surface area contributed by atoms with Crippen LogP contribution < -0.4 is 16.0 Å². The predicted molar refractivity (Wildman–Crippen MR) is 127 cm³/mol.